The van der Waals surface area contributed by atoms with Gasteiger partial charge >= 0.3 is 0 Å². The first-order valence-corrected chi connectivity index (χ1v) is 10.0. The molecule has 7 heteroatoms. The molecule has 2 aromatic rings. The van der Waals surface area contributed by atoms with Crippen LogP contribution in [0, 0.1) is 6.92 Å². The fourth-order valence-electron chi connectivity index (χ4n) is 3.19. The third-order valence-electron chi connectivity index (χ3n) is 4.74. The summed E-state index contributed by atoms with van der Waals surface area (Å²) in [6.07, 6.45) is 1.64. The van der Waals surface area contributed by atoms with Gasteiger partial charge in [-0.1, -0.05) is 22.9 Å². The van der Waals surface area contributed by atoms with Crippen LogP contribution in [-0.2, 0) is 6.54 Å². The Labute approximate surface area is 167 Å². The van der Waals surface area contributed by atoms with Crippen LogP contribution in [-0.4, -0.2) is 66.3 Å². The molecule has 1 saturated heterocycles. The van der Waals surface area contributed by atoms with Crippen LogP contribution in [0.3, 0.4) is 0 Å². The van der Waals surface area contributed by atoms with Crippen molar-refractivity contribution in [3.63, 3.8) is 0 Å². The lowest BCUT2D eigenvalue weighted by Crippen LogP contribution is -2.52. The second-order valence-electron chi connectivity index (χ2n) is 7.19. The molecule has 1 aliphatic heterocycles. The van der Waals surface area contributed by atoms with Crippen LogP contribution in [0.25, 0.3) is 0 Å². The van der Waals surface area contributed by atoms with Gasteiger partial charge in [0.1, 0.15) is 18.1 Å². The molecular weight excluding hydrogens is 354 g/mol. The number of benzene rings is 1. The zero-order chi connectivity index (χ0) is 19.8. The van der Waals surface area contributed by atoms with Crippen LogP contribution in [0.1, 0.15) is 25.1 Å². The molecular formula is C21H31N5O2. The van der Waals surface area contributed by atoms with E-state index in [-0.39, 0.29) is 6.10 Å². The first-order valence-electron chi connectivity index (χ1n) is 10.0. The Kier molecular flexibility index (Phi) is 7.31. The standard InChI is InChI=1S/C21H31N5O2/c1-4-22-21(23-15-18(3)28-20-7-5-17(2)6-8-20)26-12-10-25(11-13-26)16-19-9-14-27-24-19/h5-9,14,18H,4,10-13,15-16H2,1-3H3,(H,22,23). The maximum atomic E-state index is 5.98. The lowest BCUT2D eigenvalue weighted by atomic mass is 10.2. The molecule has 0 spiro atoms. The first-order chi connectivity index (χ1) is 13.6. The maximum Gasteiger partial charge on any atom is 0.194 e. The summed E-state index contributed by atoms with van der Waals surface area (Å²) in [6, 6.07) is 10.1. The SMILES string of the molecule is CCNC(=NCC(C)Oc1ccc(C)cc1)N1CCN(Cc2ccon2)CC1. The summed E-state index contributed by atoms with van der Waals surface area (Å²) in [5.41, 5.74) is 2.21. The highest BCUT2D eigenvalue weighted by Crippen LogP contribution is 2.13. The van der Waals surface area contributed by atoms with E-state index >= 15 is 0 Å². The molecule has 0 amide bonds. The van der Waals surface area contributed by atoms with E-state index in [9.17, 15) is 0 Å². The van der Waals surface area contributed by atoms with Crippen molar-refractivity contribution in [2.24, 2.45) is 4.99 Å². The van der Waals surface area contributed by atoms with E-state index in [2.05, 4.69) is 53.2 Å². The summed E-state index contributed by atoms with van der Waals surface area (Å²) in [5, 5.41) is 7.42. The average molecular weight is 386 g/mol. The van der Waals surface area contributed by atoms with Gasteiger partial charge in [-0.3, -0.25) is 4.90 Å². The maximum absolute atomic E-state index is 5.98. The molecule has 28 heavy (non-hydrogen) atoms. The van der Waals surface area contributed by atoms with Crippen molar-refractivity contribution in [2.75, 3.05) is 39.3 Å². The van der Waals surface area contributed by atoms with Gasteiger partial charge < -0.3 is 19.5 Å². The van der Waals surface area contributed by atoms with Crippen molar-refractivity contribution in [1.82, 2.24) is 20.3 Å². The largest absolute Gasteiger partial charge is 0.489 e. The molecule has 7 nitrogen and oxygen atoms in total. The Morgan fingerprint density at radius 3 is 2.61 bits per heavy atom. The van der Waals surface area contributed by atoms with E-state index in [1.807, 2.05) is 18.2 Å². The van der Waals surface area contributed by atoms with Crippen LogP contribution in [0.4, 0.5) is 0 Å². The molecule has 0 saturated carbocycles. The molecule has 0 bridgehead atoms. The van der Waals surface area contributed by atoms with Crippen molar-refractivity contribution in [3.05, 3.63) is 47.9 Å². The quantitative estimate of drug-likeness (QED) is 0.584. The number of aromatic nitrogens is 1. The minimum atomic E-state index is 0.0183. The van der Waals surface area contributed by atoms with Crippen LogP contribution < -0.4 is 10.1 Å². The smallest absolute Gasteiger partial charge is 0.194 e. The number of aliphatic imine (C=N–C) groups is 1. The Bertz CT molecular complexity index is 722. The van der Waals surface area contributed by atoms with Gasteiger partial charge in [0.2, 0.25) is 0 Å². The summed E-state index contributed by atoms with van der Waals surface area (Å²) in [4.78, 5) is 9.52. The molecule has 1 N–H and O–H groups in total. The van der Waals surface area contributed by atoms with Crippen molar-refractivity contribution in [1.29, 1.82) is 0 Å². The highest BCUT2D eigenvalue weighted by molar-refractivity contribution is 5.80. The molecule has 3 rings (SSSR count). The molecule has 1 unspecified atom stereocenters. The number of piperazine rings is 1. The van der Waals surface area contributed by atoms with Gasteiger partial charge in [0.25, 0.3) is 0 Å². The number of nitrogens with one attached hydrogen (secondary N) is 1. The summed E-state index contributed by atoms with van der Waals surface area (Å²) >= 11 is 0. The normalized spacial score (nSPS) is 16.8. The molecule has 1 aliphatic rings. The summed E-state index contributed by atoms with van der Waals surface area (Å²) in [5.74, 6) is 1.85. The predicted molar refractivity (Wildman–Crippen MR) is 111 cm³/mol. The van der Waals surface area contributed by atoms with Gasteiger partial charge in [0.05, 0.1) is 12.2 Å². The zero-order valence-electron chi connectivity index (χ0n) is 17.1. The van der Waals surface area contributed by atoms with Crippen LogP contribution >= 0.6 is 0 Å². The number of hydrogen-bond donors (Lipinski definition) is 1. The van der Waals surface area contributed by atoms with Crippen molar-refractivity contribution in [2.45, 2.75) is 33.4 Å². The fourth-order valence-corrected chi connectivity index (χ4v) is 3.19. The summed E-state index contributed by atoms with van der Waals surface area (Å²) < 4.78 is 10.9. The van der Waals surface area contributed by atoms with Crippen LogP contribution in [0.2, 0.25) is 0 Å². The monoisotopic (exact) mass is 385 g/mol. The Morgan fingerprint density at radius 1 is 1.21 bits per heavy atom. The molecule has 1 aromatic heterocycles. The number of nitrogens with zero attached hydrogens (tertiary/aromatic N) is 4. The molecule has 0 radical (unpaired) electrons. The fraction of sp³-hybridized carbons (Fsp3) is 0.524. The molecule has 2 heterocycles. The molecule has 152 valence electrons. The number of guanidine groups is 1. The van der Waals surface area contributed by atoms with Gasteiger partial charge in [-0.2, -0.15) is 0 Å². The highest BCUT2D eigenvalue weighted by Gasteiger charge is 2.20. The van der Waals surface area contributed by atoms with E-state index in [0.29, 0.717) is 6.54 Å². The van der Waals surface area contributed by atoms with Crippen LogP contribution in [0.5, 0.6) is 5.75 Å². The van der Waals surface area contributed by atoms with Gasteiger partial charge in [-0.25, -0.2) is 4.99 Å². The first kappa shape index (κ1) is 20.2. The minimum Gasteiger partial charge on any atom is -0.489 e. The minimum absolute atomic E-state index is 0.0183. The number of rotatable bonds is 7. The lowest BCUT2D eigenvalue weighted by molar-refractivity contribution is 0.168. The third kappa shape index (κ3) is 5.99. The second-order valence-corrected chi connectivity index (χ2v) is 7.19. The topological polar surface area (TPSA) is 66.1 Å². The molecule has 1 atom stereocenters. The van der Waals surface area contributed by atoms with Gasteiger partial charge in [-0.05, 0) is 32.9 Å². The van der Waals surface area contributed by atoms with Gasteiger partial charge in [-0.15, -0.1) is 0 Å². The lowest BCUT2D eigenvalue weighted by Gasteiger charge is -2.36. The van der Waals surface area contributed by atoms with Crippen molar-refractivity contribution < 1.29 is 9.26 Å². The average Bonchev–Trinajstić information content (AvgIpc) is 3.21. The molecule has 1 fully saturated rings. The second kappa shape index (κ2) is 10.1. The van der Waals surface area contributed by atoms with Gasteiger partial charge in [0.15, 0.2) is 5.96 Å². The third-order valence-corrected chi connectivity index (χ3v) is 4.74. The van der Waals surface area contributed by atoms with E-state index < -0.39 is 0 Å². The predicted octanol–water partition coefficient (Wildman–Crippen LogP) is 2.53. The molecule has 1 aromatic carbocycles. The summed E-state index contributed by atoms with van der Waals surface area (Å²) in [7, 11) is 0. The highest BCUT2D eigenvalue weighted by atomic mass is 16.5. The Balaban J connectivity index is 1.50. The Morgan fingerprint density at radius 2 is 1.96 bits per heavy atom. The number of ether oxygens (including phenoxy) is 1. The van der Waals surface area contributed by atoms with E-state index in [1.165, 1.54) is 5.56 Å². The van der Waals surface area contributed by atoms with E-state index in [4.69, 9.17) is 14.3 Å². The number of aryl methyl sites for hydroxylation is 1. The van der Waals surface area contributed by atoms with Crippen LogP contribution in [0.15, 0.2) is 46.1 Å². The van der Waals surface area contributed by atoms with Crippen molar-refractivity contribution >= 4 is 5.96 Å². The van der Waals surface area contributed by atoms with E-state index in [0.717, 1.165) is 56.7 Å². The summed E-state index contributed by atoms with van der Waals surface area (Å²) in [6.45, 7) is 12.4. The zero-order valence-corrected chi connectivity index (χ0v) is 17.1. The number of hydrogen-bond acceptors (Lipinski definition) is 5. The van der Waals surface area contributed by atoms with Crippen molar-refractivity contribution in [3.8, 4) is 5.75 Å². The van der Waals surface area contributed by atoms with E-state index in [1.54, 1.807) is 6.26 Å². The Hall–Kier alpha value is -2.54. The molecule has 0 aliphatic carbocycles. The van der Waals surface area contributed by atoms with Gasteiger partial charge in [0, 0.05) is 45.3 Å².